The molecule has 0 bridgehead atoms. The molecule has 0 aliphatic rings. The third-order valence-corrected chi connectivity index (χ3v) is 5.08. The van der Waals surface area contributed by atoms with Crippen LogP contribution in [-0.4, -0.2) is 17.6 Å². The van der Waals surface area contributed by atoms with Crippen LogP contribution in [0.25, 0.3) is 0 Å². The van der Waals surface area contributed by atoms with Crippen LogP contribution in [0.1, 0.15) is 21.5 Å². The number of hydrogen-bond donors (Lipinski definition) is 2. The van der Waals surface area contributed by atoms with Crippen molar-refractivity contribution >= 4 is 35.0 Å². The van der Waals surface area contributed by atoms with Crippen molar-refractivity contribution in [3.63, 3.8) is 0 Å². The molecule has 0 saturated carbocycles. The van der Waals surface area contributed by atoms with Crippen molar-refractivity contribution in [3.8, 4) is 0 Å². The molecule has 0 unspecified atom stereocenters. The molecule has 0 aromatic heterocycles. The van der Waals surface area contributed by atoms with E-state index in [1.807, 2.05) is 80.6 Å². The van der Waals surface area contributed by atoms with E-state index in [0.29, 0.717) is 11.3 Å². The lowest BCUT2D eigenvalue weighted by Crippen LogP contribution is -2.14. The molecular formula is C23H22N2O2S. The van der Waals surface area contributed by atoms with Gasteiger partial charge < -0.3 is 10.6 Å². The third-order valence-electron chi connectivity index (χ3n) is 4.06. The first kappa shape index (κ1) is 19.7. The van der Waals surface area contributed by atoms with Crippen LogP contribution in [0, 0.1) is 13.8 Å². The van der Waals surface area contributed by atoms with Gasteiger partial charge in [-0.05, 0) is 67.9 Å². The molecule has 3 aromatic carbocycles. The molecule has 3 rings (SSSR count). The van der Waals surface area contributed by atoms with Crippen LogP contribution < -0.4 is 10.6 Å². The Morgan fingerprint density at radius 2 is 1.46 bits per heavy atom. The van der Waals surface area contributed by atoms with E-state index in [2.05, 4.69) is 10.6 Å². The van der Waals surface area contributed by atoms with E-state index in [0.717, 1.165) is 27.4 Å². The van der Waals surface area contributed by atoms with Crippen molar-refractivity contribution in [2.24, 2.45) is 0 Å². The summed E-state index contributed by atoms with van der Waals surface area (Å²) < 4.78 is 0. The molecule has 28 heavy (non-hydrogen) atoms. The Hall–Kier alpha value is -3.05. The normalized spacial score (nSPS) is 10.4. The minimum atomic E-state index is -0.137. The maximum atomic E-state index is 12.3. The molecule has 0 atom stereocenters. The van der Waals surface area contributed by atoms with Gasteiger partial charge in [-0.15, -0.1) is 11.8 Å². The van der Waals surface area contributed by atoms with Crippen LogP contribution in [-0.2, 0) is 4.79 Å². The number of carbonyl (C=O) groups is 2. The highest BCUT2D eigenvalue weighted by Crippen LogP contribution is 2.21. The topological polar surface area (TPSA) is 58.2 Å². The summed E-state index contributed by atoms with van der Waals surface area (Å²) in [6.07, 6.45) is 0. The first-order chi connectivity index (χ1) is 13.5. The summed E-state index contributed by atoms with van der Waals surface area (Å²) in [5.74, 6) is 0.136. The molecule has 0 saturated heterocycles. The number of benzene rings is 3. The van der Waals surface area contributed by atoms with Crippen LogP contribution in [0.15, 0.2) is 77.7 Å². The fourth-order valence-electron chi connectivity index (χ4n) is 2.69. The Morgan fingerprint density at radius 1 is 0.786 bits per heavy atom. The molecule has 0 fully saturated rings. The highest BCUT2D eigenvalue weighted by molar-refractivity contribution is 8.00. The lowest BCUT2D eigenvalue weighted by Gasteiger charge is -2.08. The molecular weight excluding hydrogens is 368 g/mol. The molecule has 0 heterocycles. The minimum Gasteiger partial charge on any atom is -0.325 e. The molecule has 0 aliphatic carbocycles. The Balaban J connectivity index is 1.51. The highest BCUT2D eigenvalue weighted by Gasteiger charge is 2.07. The molecule has 0 spiro atoms. The van der Waals surface area contributed by atoms with Gasteiger partial charge in [0.2, 0.25) is 5.91 Å². The number of amides is 2. The molecule has 5 heteroatoms. The van der Waals surface area contributed by atoms with E-state index in [1.165, 1.54) is 11.8 Å². The van der Waals surface area contributed by atoms with Crippen LogP contribution in [0.3, 0.4) is 0 Å². The van der Waals surface area contributed by atoms with E-state index < -0.39 is 0 Å². The zero-order valence-corrected chi connectivity index (χ0v) is 16.7. The number of thioether (sulfide) groups is 1. The van der Waals surface area contributed by atoms with Crippen LogP contribution in [0.2, 0.25) is 0 Å². The predicted octanol–water partition coefficient (Wildman–Crippen LogP) is 5.29. The van der Waals surface area contributed by atoms with Crippen molar-refractivity contribution in [1.82, 2.24) is 0 Å². The minimum absolute atomic E-state index is 0.0487. The van der Waals surface area contributed by atoms with Gasteiger partial charge in [0.15, 0.2) is 0 Å². The molecule has 0 radical (unpaired) electrons. The first-order valence-electron chi connectivity index (χ1n) is 8.97. The summed E-state index contributed by atoms with van der Waals surface area (Å²) in [7, 11) is 0. The van der Waals surface area contributed by atoms with Crippen molar-refractivity contribution < 1.29 is 9.59 Å². The average molecular weight is 391 g/mol. The monoisotopic (exact) mass is 390 g/mol. The number of carbonyl (C=O) groups excluding carboxylic acids is 2. The summed E-state index contributed by atoms with van der Waals surface area (Å²) in [6.45, 7) is 3.95. The van der Waals surface area contributed by atoms with E-state index in [9.17, 15) is 9.59 Å². The summed E-state index contributed by atoms with van der Waals surface area (Å²) >= 11 is 1.45. The van der Waals surface area contributed by atoms with Gasteiger partial charge in [0.25, 0.3) is 5.91 Å². The molecule has 0 aliphatic heterocycles. The fourth-order valence-corrected chi connectivity index (χ4v) is 3.39. The molecule has 4 nitrogen and oxygen atoms in total. The maximum absolute atomic E-state index is 12.3. The average Bonchev–Trinajstić information content (AvgIpc) is 2.67. The number of rotatable bonds is 6. The lowest BCUT2D eigenvalue weighted by atomic mass is 10.1. The van der Waals surface area contributed by atoms with Crippen molar-refractivity contribution in [2.75, 3.05) is 16.4 Å². The van der Waals surface area contributed by atoms with Crippen molar-refractivity contribution in [1.29, 1.82) is 0 Å². The van der Waals surface area contributed by atoms with Crippen LogP contribution >= 0.6 is 11.8 Å². The Bertz CT molecular complexity index is 984. The molecule has 2 N–H and O–H groups in total. The van der Waals surface area contributed by atoms with Gasteiger partial charge in [0, 0.05) is 21.8 Å². The first-order valence-corrected chi connectivity index (χ1v) is 9.95. The Labute approximate surface area is 169 Å². The van der Waals surface area contributed by atoms with Crippen molar-refractivity contribution in [3.05, 3.63) is 89.5 Å². The van der Waals surface area contributed by atoms with Crippen LogP contribution in [0.4, 0.5) is 11.4 Å². The second kappa shape index (κ2) is 9.24. The fraction of sp³-hybridized carbons (Fsp3) is 0.130. The summed E-state index contributed by atoms with van der Waals surface area (Å²) in [5, 5.41) is 5.78. The number of anilines is 2. The Morgan fingerprint density at radius 3 is 2.14 bits per heavy atom. The van der Waals surface area contributed by atoms with Gasteiger partial charge in [-0.3, -0.25) is 9.59 Å². The van der Waals surface area contributed by atoms with Gasteiger partial charge in [-0.2, -0.15) is 0 Å². The van der Waals surface area contributed by atoms with Gasteiger partial charge in [-0.25, -0.2) is 0 Å². The zero-order valence-electron chi connectivity index (χ0n) is 15.9. The third kappa shape index (κ3) is 5.72. The standard InChI is InChI=1S/C23H22N2O2S/c1-16-5-3-7-18(13-16)23(27)25-19-9-11-21(12-10-19)28-15-22(26)24-20-8-4-6-17(2)14-20/h3-14H,15H2,1-2H3,(H,24,26)(H,25,27). The summed E-state index contributed by atoms with van der Waals surface area (Å²) in [4.78, 5) is 25.4. The zero-order chi connectivity index (χ0) is 19.9. The van der Waals surface area contributed by atoms with E-state index in [4.69, 9.17) is 0 Å². The van der Waals surface area contributed by atoms with E-state index in [-0.39, 0.29) is 11.8 Å². The van der Waals surface area contributed by atoms with Gasteiger partial charge in [0.1, 0.15) is 0 Å². The predicted molar refractivity (Wildman–Crippen MR) is 116 cm³/mol. The smallest absolute Gasteiger partial charge is 0.255 e. The van der Waals surface area contributed by atoms with Gasteiger partial charge in [-0.1, -0.05) is 29.8 Å². The molecule has 2 amide bonds. The highest BCUT2D eigenvalue weighted by atomic mass is 32.2. The maximum Gasteiger partial charge on any atom is 0.255 e. The molecule has 142 valence electrons. The van der Waals surface area contributed by atoms with E-state index in [1.54, 1.807) is 6.07 Å². The SMILES string of the molecule is Cc1cccc(NC(=O)CSc2ccc(NC(=O)c3cccc(C)c3)cc2)c1. The van der Waals surface area contributed by atoms with Gasteiger partial charge >= 0.3 is 0 Å². The summed E-state index contributed by atoms with van der Waals surface area (Å²) in [6, 6.07) is 22.7. The van der Waals surface area contributed by atoms with Crippen LogP contribution in [0.5, 0.6) is 0 Å². The largest absolute Gasteiger partial charge is 0.325 e. The number of aryl methyl sites for hydroxylation is 2. The van der Waals surface area contributed by atoms with Crippen molar-refractivity contribution in [2.45, 2.75) is 18.7 Å². The Kier molecular flexibility index (Phi) is 6.50. The van der Waals surface area contributed by atoms with E-state index >= 15 is 0 Å². The number of nitrogens with one attached hydrogen (secondary N) is 2. The van der Waals surface area contributed by atoms with Gasteiger partial charge in [0.05, 0.1) is 5.75 Å². The second-order valence-electron chi connectivity index (χ2n) is 6.55. The summed E-state index contributed by atoms with van der Waals surface area (Å²) in [5.41, 5.74) is 4.31. The molecule has 3 aromatic rings. The lowest BCUT2D eigenvalue weighted by molar-refractivity contribution is -0.113. The quantitative estimate of drug-likeness (QED) is 0.563. The number of hydrogen-bond acceptors (Lipinski definition) is 3. The second-order valence-corrected chi connectivity index (χ2v) is 7.60.